The molecule has 1 aliphatic rings. The quantitative estimate of drug-likeness (QED) is 0.709. The molecule has 0 bridgehead atoms. The molecule has 1 aliphatic heterocycles. The third kappa shape index (κ3) is 3.15. The zero-order valence-corrected chi connectivity index (χ0v) is 15.8. The number of rotatable bonds is 3. The van der Waals surface area contributed by atoms with Gasteiger partial charge in [-0.3, -0.25) is 0 Å². The lowest BCUT2D eigenvalue weighted by Gasteiger charge is -2.24. The second kappa shape index (κ2) is 7.58. The Morgan fingerprint density at radius 2 is 1.62 bits per heavy atom. The van der Waals surface area contributed by atoms with Crippen molar-refractivity contribution in [2.75, 3.05) is 19.1 Å². The van der Waals surface area contributed by atoms with Crippen molar-refractivity contribution < 1.29 is 19.1 Å². The monoisotopic (exact) mass is 413 g/mol. The summed E-state index contributed by atoms with van der Waals surface area (Å²) < 4.78 is 10.7. The molecule has 0 unspecified atom stereocenters. The van der Waals surface area contributed by atoms with Crippen LogP contribution in [0.15, 0.2) is 76.6 Å². The van der Waals surface area contributed by atoms with Gasteiger partial charge in [-0.2, -0.15) is 0 Å². The maximum absolute atomic E-state index is 12.5. The molecule has 2 aromatic rings. The van der Waals surface area contributed by atoms with Crippen LogP contribution < -0.4 is 4.90 Å². The van der Waals surface area contributed by atoms with Gasteiger partial charge in [0, 0.05) is 16.1 Å². The van der Waals surface area contributed by atoms with E-state index in [0.29, 0.717) is 0 Å². The second-order valence-corrected chi connectivity index (χ2v) is 6.28. The van der Waals surface area contributed by atoms with Gasteiger partial charge in [0.1, 0.15) is 5.70 Å². The molecule has 0 amide bonds. The summed E-state index contributed by atoms with van der Waals surface area (Å²) in [5.74, 6) is -1.25. The number of halogens is 1. The van der Waals surface area contributed by atoms with E-state index in [2.05, 4.69) is 15.9 Å². The number of hydrogen-bond donors (Lipinski definition) is 0. The van der Waals surface area contributed by atoms with E-state index < -0.39 is 11.9 Å². The number of methoxy groups -OCH3 is 2. The van der Waals surface area contributed by atoms with Gasteiger partial charge in [0.25, 0.3) is 0 Å². The summed E-state index contributed by atoms with van der Waals surface area (Å²) in [6.07, 6.45) is 6.68. The molecule has 0 radical (unpaired) electrons. The molecule has 0 N–H and O–H groups in total. The van der Waals surface area contributed by atoms with E-state index in [1.165, 1.54) is 20.3 Å². The van der Waals surface area contributed by atoms with Crippen molar-refractivity contribution in [3.63, 3.8) is 0 Å². The van der Waals surface area contributed by atoms with Crippen LogP contribution in [0.4, 0.5) is 5.69 Å². The Balaban J connectivity index is 2.30. The number of benzene rings is 2. The molecular formula is C20H16BrNO4. The largest absolute Gasteiger partial charge is 0.465 e. The van der Waals surface area contributed by atoms with E-state index in [1.807, 2.05) is 36.4 Å². The summed E-state index contributed by atoms with van der Waals surface area (Å²) in [6.45, 7) is 0. The highest BCUT2D eigenvalue weighted by atomic mass is 79.9. The second-order valence-electron chi connectivity index (χ2n) is 5.43. The summed E-state index contributed by atoms with van der Waals surface area (Å²) in [4.78, 5) is 26.4. The third-order valence-corrected chi connectivity index (χ3v) is 4.69. The van der Waals surface area contributed by atoms with Gasteiger partial charge in [0.05, 0.1) is 25.5 Å². The van der Waals surface area contributed by atoms with Crippen LogP contribution in [0, 0.1) is 0 Å². The number of anilines is 1. The minimum Gasteiger partial charge on any atom is -0.465 e. The number of ether oxygens (including phenoxy) is 2. The van der Waals surface area contributed by atoms with E-state index in [-0.39, 0.29) is 11.3 Å². The van der Waals surface area contributed by atoms with Gasteiger partial charge in [-0.15, -0.1) is 0 Å². The average Bonchev–Trinajstić information content (AvgIpc) is 2.89. The molecule has 0 spiro atoms. The van der Waals surface area contributed by atoms with Crippen molar-refractivity contribution in [1.29, 1.82) is 0 Å². The Labute approximate surface area is 159 Å². The maximum atomic E-state index is 12.5. The van der Waals surface area contributed by atoms with E-state index in [1.54, 1.807) is 23.3 Å². The lowest BCUT2D eigenvalue weighted by Crippen LogP contribution is -2.27. The summed E-state index contributed by atoms with van der Waals surface area (Å²) in [6, 6.07) is 11.6. The van der Waals surface area contributed by atoms with E-state index >= 15 is 0 Å². The molecule has 0 saturated carbocycles. The molecule has 3 rings (SSSR count). The number of hydrogen-bond acceptors (Lipinski definition) is 5. The first kappa shape index (κ1) is 17.9. The molecule has 6 heteroatoms. The highest BCUT2D eigenvalue weighted by Gasteiger charge is 2.28. The predicted octanol–water partition coefficient (Wildman–Crippen LogP) is 4.09. The molecule has 132 valence electrons. The molecule has 0 fully saturated rings. The summed E-state index contributed by atoms with van der Waals surface area (Å²) >= 11 is 3.55. The molecule has 0 aliphatic carbocycles. The number of fused-ring (bicyclic) bond motifs is 1. The van der Waals surface area contributed by atoms with Crippen LogP contribution in [0.1, 0.15) is 0 Å². The molecule has 0 aromatic heterocycles. The molecule has 1 heterocycles. The summed E-state index contributed by atoms with van der Waals surface area (Å²) in [7, 11) is 2.55. The van der Waals surface area contributed by atoms with Crippen LogP contribution in [-0.4, -0.2) is 26.2 Å². The number of carbonyl (C=O) groups is 2. The fraction of sp³-hybridized carbons (Fsp3) is 0.100. The van der Waals surface area contributed by atoms with Crippen molar-refractivity contribution in [3.05, 3.63) is 76.6 Å². The van der Waals surface area contributed by atoms with Gasteiger partial charge in [-0.25, -0.2) is 9.59 Å². The van der Waals surface area contributed by atoms with E-state index in [4.69, 9.17) is 9.47 Å². The van der Waals surface area contributed by atoms with Crippen LogP contribution in [0.2, 0.25) is 0 Å². The summed E-state index contributed by atoms with van der Waals surface area (Å²) in [5, 5.41) is 1.90. The van der Waals surface area contributed by atoms with Crippen molar-refractivity contribution in [2.45, 2.75) is 0 Å². The first-order valence-corrected chi connectivity index (χ1v) is 8.60. The highest BCUT2D eigenvalue weighted by molar-refractivity contribution is 9.10. The van der Waals surface area contributed by atoms with E-state index in [0.717, 1.165) is 20.9 Å². The van der Waals surface area contributed by atoms with Gasteiger partial charge >= 0.3 is 11.9 Å². The van der Waals surface area contributed by atoms with Crippen molar-refractivity contribution >= 4 is 44.3 Å². The van der Waals surface area contributed by atoms with Crippen LogP contribution >= 0.6 is 15.9 Å². The maximum Gasteiger partial charge on any atom is 0.355 e. The van der Waals surface area contributed by atoms with Crippen LogP contribution in [-0.2, 0) is 19.1 Å². The Morgan fingerprint density at radius 3 is 2.35 bits per heavy atom. The number of allylic oxidation sites excluding steroid dienone is 2. The lowest BCUT2D eigenvalue weighted by atomic mass is 10.1. The zero-order valence-electron chi connectivity index (χ0n) is 14.2. The van der Waals surface area contributed by atoms with Gasteiger partial charge in [0.15, 0.2) is 0 Å². The average molecular weight is 414 g/mol. The number of esters is 2. The van der Waals surface area contributed by atoms with Crippen LogP contribution in [0.3, 0.4) is 0 Å². The fourth-order valence-corrected chi connectivity index (χ4v) is 3.31. The lowest BCUT2D eigenvalue weighted by molar-refractivity contribution is -0.139. The van der Waals surface area contributed by atoms with Gasteiger partial charge in [0.2, 0.25) is 0 Å². The Kier molecular flexibility index (Phi) is 5.23. The topological polar surface area (TPSA) is 55.8 Å². The van der Waals surface area contributed by atoms with Crippen LogP contribution in [0.25, 0.3) is 10.8 Å². The first-order valence-electron chi connectivity index (χ1n) is 7.80. The van der Waals surface area contributed by atoms with Crippen LogP contribution in [0.5, 0.6) is 0 Å². The van der Waals surface area contributed by atoms with Crippen molar-refractivity contribution in [3.8, 4) is 0 Å². The standard InChI is InChI=1S/C20H16BrNO4/c1-25-19(23)15-7-3-4-12-22(18(15)20(24)26-2)17-11-6-8-13-14(17)9-5-10-16(13)21/h3-12H,1-2H3. The number of carbonyl (C=O) groups excluding carboxylic acids is 2. The van der Waals surface area contributed by atoms with Crippen molar-refractivity contribution in [2.24, 2.45) is 0 Å². The molecule has 2 aromatic carbocycles. The van der Waals surface area contributed by atoms with E-state index in [9.17, 15) is 9.59 Å². The normalized spacial score (nSPS) is 13.7. The molecule has 0 atom stereocenters. The molecule has 5 nitrogen and oxygen atoms in total. The Morgan fingerprint density at radius 1 is 0.923 bits per heavy atom. The van der Waals surface area contributed by atoms with Gasteiger partial charge < -0.3 is 14.4 Å². The number of nitrogens with zero attached hydrogens (tertiary/aromatic N) is 1. The fourth-order valence-electron chi connectivity index (χ4n) is 2.82. The molecular weight excluding hydrogens is 398 g/mol. The minimum absolute atomic E-state index is 0.0943. The van der Waals surface area contributed by atoms with Crippen molar-refractivity contribution in [1.82, 2.24) is 0 Å². The summed E-state index contributed by atoms with van der Waals surface area (Å²) in [5.41, 5.74) is 0.957. The SMILES string of the molecule is COC(=O)C1=C(C(=O)OC)N(c2cccc3c(Br)cccc23)C=CC=C1. The Bertz CT molecular complexity index is 975. The molecule has 26 heavy (non-hydrogen) atoms. The van der Waals surface area contributed by atoms with Gasteiger partial charge in [-0.05, 0) is 29.7 Å². The smallest absolute Gasteiger partial charge is 0.355 e. The highest BCUT2D eigenvalue weighted by Crippen LogP contribution is 2.35. The van der Waals surface area contributed by atoms with Gasteiger partial charge in [-0.1, -0.05) is 46.3 Å². The zero-order chi connectivity index (χ0) is 18.7. The third-order valence-electron chi connectivity index (χ3n) is 3.99. The molecule has 0 saturated heterocycles. The Hall–Kier alpha value is -2.86. The minimum atomic E-state index is -0.631. The first-order chi connectivity index (χ1) is 12.6. The predicted molar refractivity (Wildman–Crippen MR) is 103 cm³/mol.